The van der Waals surface area contributed by atoms with Crippen molar-refractivity contribution in [2.24, 2.45) is 0 Å². The monoisotopic (exact) mass is 565 g/mol. The third-order valence-corrected chi connectivity index (χ3v) is 6.28. The van der Waals surface area contributed by atoms with Gasteiger partial charge in [0.1, 0.15) is 29.6 Å². The summed E-state index contributed by atoms with van der Waals surface area (Å²) in [6, 6.07) is 19.7. The van der Waals surface area contributed by atoms with Crippen LogP contribution in [0.2, 0.25) is 0 Å². The minimum Gasteiger partial charge on any atom is -0.488 e. The zero-order chi connectivity index (χ0) is 29.3. The second-order valence-electron chi connectivity index (χ2n) is 9.09. The predicted octanol–water partition coefficient (Wildman–Crippen LogP) is 7.48. The molecule has 0 saturated heterocycles. The lowest BCUT2D eigenvalue weighted by molar-refractivity contribution is -0.143. The van der Waals surface area contributed by atoms with Gasteiger partial charge in [-0.05, 0) is 71.6 Å². The number of nitrogens with zero attached hydrogens (tertiary/aromatic N) is 3. The Labute approximate surface area is 230 Å². The van der Waals surface area contributed by atoms with Gasteiger partial charge in [-0.3, -0.25) is 0 Å². The molecule has 41 heavy (non-hydrogen) atoms. The summed E-state index contributed by atoms with van der Waals surface area (Å²) in [6.45, 7) is 1.90. The van der Waals surface area contributed by atoms with Crippen LogP contribution in [0.15, 0.2) is 85.1 Å². The molecule has 0 bridgehead atoms. The standard InChI is InChI=1S/C30H20F5N3O3/c1-17-13-20(31)9-11-22(17)19-7-5-18(6-8-19)16-41-26-12-10-21(32)14-23(26)25-3-2-4-27(37-25)38-28(30(33,34)35)24(15-36-38)29(39)40/h2-15H,16H2,1H3,(H,39,40). The van der Waals surface area contributed by atoms with Crippen molar-refractivity contribution >= 4 is 5.97 Å². The number of carboxylic acid groups (broad SMARTS) is 1. The average Bonchev–Trinajstić information content (AvgIpc) is 3.40. The van der Waals surface area contributed by atoms with Crippen molar-refractivity contribution in [3.8, 4) is 34.0 Å². The van der Waals surface area contributed by atoms with Gasteiger partial charge in [0.15, 0.2) is 11.5 Å². The molecule has 5 rings (SSSR count). The van der Waals surface area contributed by atoms with Gasteiger partial charge in [0.25, 0.3) is 0 Å². The number of ether oxygens (including phenoxy) is 1. The van der Waals surface area contributed by atoms with E-state index < -0.39 is 29.2 Å². The minimum absolute atomic E-state index is 0.0830. The number of carboxylic acids is 1. The number of hydrogen-bond donors (Lipinski definition) is 1. The molecule has 0 aliphatic carbocycles. The van der Waals surface area contributed by atoms with Gasteiger partial charge < -0.3 is 9.84 Å². The second kappa shape index (κ2) is 10.8. The molecule has 2 heterocycles. The number of carbonyl (C=O) groups is 1. The van der Waals surface area contributed by atoms with E-state index in [1.165, 1.54) is 42.5 Å². The van der Waals surface area contributed by atoms with Crippen LogP contribution in [0, 0.1) is 18.6 Å². The van der Waals surface area contributed by atoms with E-state index in [4.69, 9.17) is 4.74 Å². The summed E-state index contributed by atoms with van der Waals surface area (Å²) in [5, 5.41) is 12.8. The summed E-state index contributed by atoms with van der Waals surface area (Å²) in [5.41, 5.74) is 1.06. The third-order valence-electron chi connectivity index (χ3n) is 6.28. The maximum atomic E-state index is 14.3. The number of aryl methyl sites for hydroxylation is 1. The Morgan fingerprint density at radius 1 is 0.927 bits per heavy atom. The van der Waals surface area contributed by atoms with Crippen molar-refractivity contribution < 1.29 is 36.6 Å². The van der Waals surface area contributed by atoms with Crippen LogP contribution in [0.4, 0.5) is 22.0 Å². The van der Waals surface area contributed by atoms with Gasteiger partial charge in [-0.15, -0.1) is 0 Å². The molecule has 5 aromatic rings. The fourth-order valence-electron chi connectivity index (χ4n) is 4.36. The van der Waals surface area contributed by atoms with Crippen LogP contribution < -0.4 is 4.74 Å². The van der Waals surface area contributed by atoms with E-state index in [0.29, 0.717) is 10.9 Å². The Morgan fingerprint density at radius 3 is 2.32 bits per heavy atom. The third kappa shape index (κ3) is 5.79. The number of alkyl halides is 3. The first-order chi connectivity index (χ1) is 19.5. The number of rotatable bonds is 7. The first-order valence-corrected chi connectivity index (χ1v) is 12.2. The molecule has 3 aromatic carbocycles. The van der Waals surface area contributed by atoms with Crippen LogP contribution in [-0.2, 0) is 12.8 Å². The summed E-state index contributed by atoms with van der Waals surface area (Å²) < 4.78 is 75.2. The molecule has 0 unspecified atom stereocenters. The van der Waals surface area contributed by atoms with Gasteiger partial charge in [0.05, 0.1) is 11.9 Å². The summed E-state index contributed by atoms with van der Waals surface area (Å²) >= 11 is 0. The smallest absolute Gasteiger partial charge is 0.434 e. The van der Waals surface area contributed by atoms with Gasteiger partial charge in [-0.1, -0.05) is 36.4 Å². The molecule has 0 spiro atoms. The topological polar surface area (TPSA) is 77.2 Å². The fourth-order valence-corrected chi connectivity index (χ4v) is 4.36. The maximum absolute atomic E-state index is 14.3. The molecule has 0 radical (unpaired) electrons. The normalized spacial score (nSPS) is 11.5. The lowest BCUT2D eigenvalue weighted by atomic mass is 9.99. The quantitative estimate of drug-likeness (QED) is 0.207. The van der Waals surface area contributed by atoms with Crippen LogP contribution in [0.3, 0.4) is 0 Å². The lowest BCUT2D eigenvalue weighted by Gasteiger charge is -2.14. The summed E-state index contributed by atoms with van der Waals surface area (Å²) in [5.74, 6) is -2.83. The maximum Gasteiger partial charge on any atom is 0.434 e. The number of halogens is 5. The fraction of sp³-hybridized carbons (Fsp3) is 0.100. The molecule has 2 aromatic heterocycles. The number of pyridine rings is 1. The average molecular weight is 565 g/mol. The highest BCUT2D eigenvalue weighted by atomic mass is 19.4. The molecule has 0 fully saturated rings. The van der Waals surface area contributed by atoms with Crippen molar-refractivity contribution in [3.63, 3.8) is 0 Å². The van der Waals surface area contributed by atoms with Crippen molar-refractivity contribution in [1.29, 1.82) is 0 Å². The highest BCUT2D eigenvalue weighted by molar-refractivity contribution is 5.89. The Kier molecular flexibility index (Phi) is 7.27. The van der Waals surface area contributed by atoms with Crippen molar-refractivity contribution in [3.05, 3.63) is 119 Å². The molecular weight excluding hydrogens is 545 g/mol. The first-order valence-electron chi connectivity index (χ1n) is 12.2. The summed E-state index contributed by atoms with van der Waals surface area (Å²) in [4.78, 5) is 15.6. The summed E-state index contributed by atoms with van der Waals surface area (Å²) in [6.07, 6.45) is -4.43. The zero-order valence-electron chi connectivity index (χ0n) is 21.3. The molecule has 0 aliphatic rings. The molecular formula is C30H20F5N3O3. The molecule has 6 nitrogen and oxygen atoms in total. The Hall–Kier alpha value is -5.06. The van der Waals surface area contributed by atoms with E-state index >= 15 is 0 Å². The SMILES string of the molecule is Cc1cc(F)ccc1-c1ccc(COc2ccc(F)cc2-c2cccc(-n3ncc(C(=O)O)c3C(F)(F)F)n2)cc1. The Bertz CT molecular complexity index is 1750. The van der Waals surface area contributed by atoms with Gasteiger partial charge in [0.2, 0.25) is 0 Å². The highest BCUT2D eigenvalue weighted by Crippen LogP contribution is 2.35. The van der Waals surface area contributed by atoms with Crippen LogP contribution in [0.25, 0.3) is 28.2 Å². The molecule has 208 valence electrons. The van der Waals surface area contributed by atoms with E-state index in [2.05, 4.69) is 10.1 Å². The van der Waals surface area contributed by atoms with E-state index in [0.717, 1.165) is 28.3 Å². The molecule has 0 amide bonds. The van der Waals surface area contributed by atoms with Crippen molar-refractivity contribution in [1.82, 2.24) is 14.8 Å². The van der Waals surface area contributed by atoms with E-state index in [1.807, 2.05) is 31.2 Å². The second-order valence-corrected chi connectivity index (χ2v) is 9.09. The van der Waals surface area contributed by atoms with E-state index in [9.17, 15) is 31.9 Å². The van der Waals surface area contributed by atoms with Crippen molar-refractivity contribution in [2.75, 3.05) is 0 Å². The van der Waals surface area contributed by atoms with Gasteiger partial charge in [-0.25, -0.2) is 23.2 Å². The van der Waals surface area contributed by atoms with E-state index in [1.54, 1.807) is 6.07 Å². The number of benzene rings is 3. The van der Waals surface area contributed by atoms with Crippen LogP contribution in [0.5, 0.6) is 5.75 Å². The molecule has 11 heteroatoms. The Morgan fingerprint density at radius 2 is 1.63 bits per heavy atom. The minimum atomic E-state index is -5.03. The van der Waals surface area contributed by atoms with Crippen LogP contribution in [0.1, 0.15) is 27.2 Å². The highest BCUT2D eigenvalue weighted by Gasteiger charge is 2.41. The molecule has 0 atom stereocenters. The van der Waals surface area contributed by atoms with Gasteiger partial charge in [0, 0.05) is 5.56 Å². The predicted molar refractivity (Wildman–Crippen MR) is 140 cm³/mol. The van der Waals surface area contributed by atoms with Gasteiger partial charge in [-0.2, -0.15) is 18.3 Å². The summed E-state index contributed by atoms with van der Waals surface area (Å²) in [7, 11) is 0. The van der Waals surface area contributed by atoms with Gasteiger partial charge >= 0.3 is 12.1 Å². The van der Waals surface area contributed by atoms with E-state index in [-0.39, 0.29) is 35.2 Å². The zero-order valence-corrected chi connectivity index (χ0v) is 21.3. The largest absolute Gasteiger partial charge is 0.488 e. The van der Waals surface area contributed by atoms with Crippen LogP contribution >= 0.6 is 0 Å². The lowest BCUT2D eigenvalue weighted by Crippen LogP contribution is -2.18. The number of aromatic nitrogens is 3. The molecule has 1 N–H and O–H groups in total. The Balaban J connectivity index is 1.43. The number of hydrogen-bond acceptors (Lipinski definition) is 4. The van der Waals surface area contributed by atoms with Crippen molar-refractivity contribution in [2.45, 2.75) is 19.7 Å². The molecule has 0 saturated carbocycles. The first kappa shape index (κ1) is 27.5. The number of aromatic carboxylic acids is 1. The molecule has 0 aliphatic heterocycles. The van der Waals surface area contributed by atoms with Crippen LogP contribution in [-0.4, -0.2) is 25.8 Å².